The van der Waals surface area contributed by atoms with Crippen molar-refractivity contribution in [1.29, 1.82) is 0 Å². The van der Waals surface area contributed by atoms with Crippen LogP contribution in [-0.2, 0) is 19.1 Å². The van der Waals surface area contributed by atoms with Gasteiger partial charge in [0.15, 0.2) is 0 Å². The van der Waals surface area contributed by atoms with E-state index in [-0.39, 0.29) is 24.6 Å². The zero-order valence-electron chi connectivity index (χ0n) is 10.5. The van der Waals surface area contributed by atoms with Crippen LogP contribution in [0.25, 0.3) is 0 Å². The summed E-state index contributed by atoms with van der Waals surface area (Å²) >= 11 is 0. The first-order valence-corrected chi connectivity index (χ1v) is 5.86. The van der Waals surface area contributed by atoms with Gasteiger partial charge in [0.1, 0.15) is 12.7 Å². The Bertz CT molecular complexity index is 213. The van der Waals surface area contributed by atoms with Crippen LogP contribution in [0.2, 0.25) is 0 Å². The van der Waals surface area contributed by atoms with Crippen molar-refractivity contribution >= 4 is 11.9 Å². The van der Waals surface area contributed by atoms with Crippen molar-refractivity contribution in [2.24, 2.45) is 0 Å². The van der Waals surface area contributed by atoms with Gasteiger partial charge in [-0.05, 0) is 12.8 Å². The smallest absolute Gasteiger partial charge is 0.303 e. The van der Waals surface area contributed by atoms with Gasteiger partial charge < -0.3 is 9.47 Å². The lowest BCUT2D eigenvalue weighted by atomic mass is 10.1. The number of hydrogen-bond acceptors (Lipinski definition) is 4. The number of rotatable bonds is 8. The standard InChI is InChI=1S/C12H22O4/c1-4-5-6-7-8-12(16-11(3)14)9-15-10(2)13/h12H,4-9H2,1-3H3/t12-/m1/s1. The summed E-state index contributed by atoms with van der Waals surface area (Å²) in [6.45, 7) is 5.03. The van der Waals surface area contributed by atoms with Gasteiger partial charge in [0.05, 0.1) is 0 Å². The molecule has 0 aromatic heterocycles. The summed E-state index contributed by atoms with van der Waals surface area (Å²) in [6.07, 6.45) is 4.93. The van der Waals surface area contributed by atoms with Gasteiger partial charge in [-0.2, -0.15) is 0 Å². The molecule has 0 saturated heterocycles. The van der Waals surface area contributed by atoms with Crippen molar-refractivity contribution in [3.63, 3.8) is 0 Å². The SMILES string of the molecule is CCCCCC[C@H](COC(C)=O)OC(C)=O. The lowest BCUT2D eigenvalue weighted by molar-refractivity contribution is -0.156. The van der Waals surface area contributed by atoms with Crippen molar-refractivity contribution in [2.75, 3.05) is 6.61 Å². The number of hydrogen-bond donors (Lipinski definition) is 0. The highest BCUT2D eigenvalue weighted by atomic mass is 16.6. The van der Waals surface area contributed by atoms with Crippen LogP contribution in [0.3, 0.4) is 0 Å². The molecular weight excluding hydrogens is 208 g/mol. The molecule has 0 N–H and O–H groups in total. The highest BCUT2D eigenvalue weighted by Gasteiger charge is 2.13. The Morgan fingerprint density at radius 1 is 1.06 bits per heavy atom. The molecule has 4 heteroatoms. The molecule has 0 saturated carbocycles. The highest BCUT2D eigenvalue weighted by Crippen LogP contribution is 2.09. The van der Waals surface area contributed by atoms with E-state index < -0.39 is 0 Å². The third kappa shape index (κ3) is 9.49. The van der Waals surface area contributed by atoms with E-state index in [1.807, 2.05) is 0 Å². The number of carbonyl (C=O) groups is 2. The zero-order chi connectivity index (χ0) is 12.4. The van der Waals surface area contributed by atoms with E-state index >= 15 is 0 Å². The molecule has 94 valence electrons. The normalized spacial score (nSPS) is 11.9. The van der Waals surface area contributed by atoms with Gasteiger partial charge in [-0.15, -0.1) is 0 Å². The molecule has 0 bridgehead atoms. The molecule has 0 spiro atoms. The minimum Gasteiger partial charge on any atom is -0.462 e. The lowest BCUT2D eigenvalue weighted by Gasteiger charge is -2.16. The second-order valence-electron chi connectivity index (χ2n) is 3.88. The molecular formula is C12H22O4. The molecule has 1 atom stereocenters. The highest BCUT2D eigenvalue weighted by molar-refractivity contribution is 5.67. The molecule has 0 radical (unpaired) electrons. The van der Waals surface area contributed by atoms with Crippen LogP contribution in [0.1, 0.15) is 52.9 Å². The fourth-order valence-corrected chi connectivity index (χ4v) is 1.42. The number of unbranched alkanes of at least 4 members (excludes halogenated alkanes) is 3. The van der Waals surface area contributed by atoms with Crippen molar-refractivity contribution in [3.8, 4) is 0 Å². The van der Waals surface area contributed by atoms with E-state index in [1.54, 1.807) is 0 Å². The fourth-order valence-electron chi connectivity index (χ4n) is 1.42. The largest absolute Gasteiger partial charge is 0.462 e. The summed E-state index contributed by atoms with van der Waals surface area (Å²) in [5.74, 6) is -0.668. The Morgan fingerprint density at radius 2 is 1.75 bits per heavy atom. The maximum atomic E-state index is 10.8. The third-order valence-corrected chi connectivity index (χ3v) is 2.18. The number of carbonyl (C=O) groups excluding carboxylic acids is 2. The van der Waals surface area contributed by atoms with E-state index in [9.17, 15) is 9.59 Å². The molecule has 0 fully saturated rings. The predicted molar refractivity (Wildman–Crippen MR) is 60.9 cm³/mol. The van der Waals surface area contributed by atoms with Crippen LogP contribution < -0.4 is 0 Å². The molecule has 0 aliphatic heterocycles. The second-order valence-corrected chi connectivity index (χ2v) is 3.88. The first-order chi connectivity index (χ1) is 7.56. The summed E-state index contributed by atoms with van der Waals surface area (Å²) < 4.78 is 9.91. The number of ether oxygens (including phenoxy) is 2. The minimum absolute atomic E-state index is 0.168. The molecule has 0 rings (SSSR count). The maximum Gasteiger partial charge on any atom is 0.303 e. The summed E-state index contributed by atoms with van der Waals surface area (Å²) in [6, 6.07) is 0. The molecule has 0 aliphatic carbocycles. The minimum atomic E-state index is -0.342. The molecule has 0 aromatic carbocycles. The summed E-state index contributed by atoms with van der Waals surface area (Å²) in [4.78, 5) is 21.5. The van der Waals surface area contributed by atoms with Crippen molar-refractivity contribution in [1.82, 2.24) is 0 Å². The summed E-state index contributed by atoms with van der Waals surface area (Å²) in [7, 11) is 0. The van der Waals surface area contributed by atoms with Gasteiger partial charge in [-0.1, -0.05) is 26.2 Å². The van der Waals surface area contributed by atoms with Crippen LogP contribution in [0.15, 0.2) is 0 Å². The first-order valence-electron chi connectivity index (χ1n) is 5.86. The lowest BCUT2D eigenvalue weighted by Crippen LogP contribution is -2.23. The Hall–Kier alpha value is -1.06. The van der Waals surface area contributed by atoms with Gasteiger partial charge in [-0.25, -0.2) is 0 Å². The Morgan fingerprint density at radius 3 is 2.25 bits per heavy atom. The van der Waals surface area contributed by atoms with Gasteiger partial charge in [0, 0.05) is 13.8 Å². The first kappa shape index (κ1) is 14.9. The van der Waals surface area contributed by atoms with Gasteiger partial charge in [0.2, 0.25) is 0 Å². The quantitative estimate of drug-likeness (QED) is 0.475. The Kier molecular flexibility index (Phi) is 8.58. The average molecular weight is 230 g/mol. The van der Waals surface area contributed by atoms with E-state index in [1.165, 1.54) is 26.7 Å². The van der Waals surface area contributed by atoms with Crippen molar-refractivity contribution in [2.45, 2.75) is 59.0 Å². The summed E-state index contributed by atoms with van der Waals surface area (Å²) in [5.41, 5.74) is 0. The molecule has 16 heavy (non-hydrogen) atoms. The fraction of sp³-hybridized carbons (Fsp3) is 0.833. The van der Waals surface area contributed by atoms with Crippen LogP contribution in [0.5, 0.6) is 0 Å². The zero-order valence-corrected chi connectivity index (χ0v) is 10.5. The maximum absolute atomic E-state index is 10.8. The van der Waals surface area contributed by atoms with Gasteiger partial charge in [0.25, 0.3) is 0 Å². The van der Waals surface area contributed by atoms with Gasteiger partial charge >= 0.3 is 11.9 Å². The van der Waals surface area contributed by atoms with Gasteiger partial charge in [-0.3, -0.25) is 9.59 Å². The molecule has 0 unspecified atom stereocenters. The second kappa shape index (κ2) is 9.19. The van der Waals surface area contributed by atoms with Crippen molar-refractivity contribution in [3.05, 3.63) is 0 Å². The Balaban J connectivity index is 3.80. The van der Waals surface area contributed by atoms with E-state index in [2.05, 4.69) is 6.92 Å². The molecule has 4 nitrogen and oxygen atoms in total. The molecule has 0 heterocycles. The molecule has 0 aromatic rings. The topological polar surface area (TPSA) is 52.6 Å². The number of esters is 2. The van der Waals surface area contributed by atoms with E-state index in [4.69, 9.17) is 9.47 Å². The van der Waals surface area contributed by atoms with Crippen LogP contribution in [-0.4, -0.2) is 24.6 Å². The predicted octanol–water partition coefficient (Wildman–Crippen LogP) is 2.45. The monoisotopic (exact) mass is 230 g/mol. The average Bonchev–Trinajstić information content (AvgIpc) is 2.19. The molecule has 0 amide bonds. The van der Waals surface area contributed by atoms with Crippen molar-refractivity contribution < 1.29 is 19.1 Å². The van der Waals surface area contributed by atoms with E-state index in [0.717, 1.165) is 19.3 Å². The summed E-state index contributed by atoms with van der Waals surface area (Å²) in [5, 5.41) is 0. The van der Waals surface area contributed by atoms with Crippen LogP contribution in [0, 0.1) is 0 Å². The van der Waals surface area contributed by atoms with Crippen LogP contribution in [0.4, 0.5) is 0 Å². The third-order valence-electron chi connectivity index (χ3n) is 2.18. The molecule has 0 aliphatic rings. The van der Waals surface area contributed by atoms with E-state index in [0.29, 0.717) is 0 Å². The van der Waals surface area contributed by atoms with Crippen LogP contribution >= 0.6 is 0 Å². The Labute approximate surface area is 97.3 Å².